The van der Waals surface area contributed by atoms with Gasteiger partial charge in [0.15, 0.2) is 21.6 Å². The van der Waals surface area contributed by atoms with Crippen LogP contribution in [0.3, 0.4) is 0 Å². The van der Waals surface area contributed by atoms with E-state index in [1.54, 1.807) is 47.4 Å². The largest absolute Gasteiger partial charge is 0.484 e. The topological polar surface area (TPSA) is 76.0 Å². The molecule has 0 bridgehead atoms. The molecule has 0 radical (unpaired) electrons. The van der Waals surface area contributed by atoms with Gasteiger partial charge in [0.25, 0.3) is 5.91 Å². The van der Waals surface area contributed by atoms with Crippen molar-refractivity contribution in [1.29, 1.82) is 0 Å². The lowest BCUT2D eigenvalue weighted by molar-refractivity contribution is -0.119. The van der Waals surface area contributed by atoms with Crippen molar-refractivity contribution in [3.05, 3.63) is 58.6 Å². The highest BCUT2D eigenvalue weighted by molar-refractivity contribution is 8.16. The van der Waals surface area contributed by atoms with Gasteiger partial charge in [-0.3, -0.25) is 4.79 Å². The molecule has 4 rings (SSSR count). The van der Waals surface area contributed by atoms with Gasteiger partial charge in [-0.25, -0.2) is 8.42 Å². The molecule has 2 aliphatic rings. The molecular weight excluding hydrogens is 455 g/mol. The third kappa shape index (κ3) is 4.55. The fraction of sp³-hybridized carbons (Fsp3) is 0.263. The Morgan fingerprint density at radius 3 is 2.59 bits per heavy atom. The number of carbonyl (C=O) groups excluding carboxylic acids is 1. The van der Waals surface area contributed by atoms with Gasteiger partial charge in [-0.2, -0.15) is 4.99 Å². The Morgan fingerprint density at radius 1 is 1.14 bits per heavy atom. The lowest BCUT2D eigenvalue weighted by Gasteiger charge is -2.25. The first-order valence-corrected chi connectivity index (χ1v) is 12.2. The minimum Gasteiger partial charge on any atom is -0.484 e. The van der Waals surface area contributed by atoms with Crippen molar-refractivity contribution in [2.24, 2.45) is 4.99 Å². The minimum atomic E-state index is -3.14. The Labute approximate surface area is 182 Å². The number of hydrogen-bond donors (Lipinski definition) is 0. The highest BCUT2D eigenvalue weighted by atomic mass is 35.5. The molecule has 2 aliphatic heterocycles. The second-order valence-corrected chi connectivity index (χ2v) is 10.9. The third-order valence-corrected chi connectivity index (χ3v) is 8.36. The van der Waals surface area contributed by atoms with Crippen LogP contribution in [-0.2, 0) is 14.6 Å². The van der Waals surface area contributed by atoms with Crippen molar-refractivity contribution in [3.8, 4) is 5.75 Å². The summed E-state index contributed by atoms with van der Waals surface area (Å²) in [5.74, 6) is 0.0950. The van der Waals surface area contributed by atoms with Crippen molar-refractivity contribution in [2.75, 3.05) is 23.0 Å². The lowest BCUT2D eigenvalue weighted by Crippen LogP contribution is -2.38. The lowest BCUT2D eigenvalue weighted by atomic mass is 10.2. The quantitative estimate of drug-likeness (QED) is 0.678. The molecule has 2 aromatic rings. The first-order valence-electron chi connectivity index (χ1n) is 8.73. The molecule has 2 saturated heterocycles. The average Bonchev–Trinajstić information content (AvgIpc) is 3.13. The van der Waals surface area contributed by atoms with Crippen LogP contribution in [0.1, 0.15) is 0 Å². The van der Waals surface area contributed by atoms with Gasteiger partial charge >= 0.3 is 0 Å². The Morgan fingerprint density at radius 2 is 1.86 bits per heavy atom. The molecule has 0 unspecified atom stereocenters. The molecule has 1 amide bonds. The van der Waals surface area contributed by atoms with Crippen LogP contribution >= 0.6 is 35.0 Å². The number of rotatable bonds is 4. The maximum atomic E-state index is 12.4. The SMILES string of the molecule is O=C(COc1ccc(Cl)cc1)N=C1S[C@H]2CS(=O)(=O)C[C@H]2N1c1ccccc1Cl. The molecule has 2 aromatic carbocycles. The summed E-state index contributed by atoms with van der Waals surface area (Å²) in [6, 6.07) is 13.5. The van der Waals surface area contributed by atoms with Gasteiger partial charge in [-0.05, 0) is 36.4 Å². The molecule has 2 fully saturated rings. The Kier molecular flexibility index (Phi) is 5.79. The van der Waals surface area contributed by atoms with Crippen molar-refractivity contribution < 1.29 is 17.9 Å². The summed E-state index contributed by atoms with van der Waals surface area (Å²) in [4.78, 5) is 18.4. The average molecular weight is 471 g/mol. The molecular formula is C19H16Cl2N2O4S2. The number of thioether (sulfide) groups is 1. The van der Waals surface area contributed by atoms with Gasteiger partial charge in [-0.15, -0.1) is 0 Å². The summed E-state index contributed by atoms with van der Waals surface area (Å²) in [7, 11) is -3.14. The van der Waals surface area contributed by atoms with Crippen LogP contribution in [0, 0.1) is 0 Å². The van der Waals surface area contributed by atoms with E-state index in [1.807, 2.05) is 6.07 Å². The number of benzene rings is 2. The van der Waals surface area contributed by atoms with Gasteiger partial charge < -0.3 is 9.64 Å². The summed E-state index contributed by atoms with van der Waals surface area (Å²) < 4.78 is 29.7. The number of para-hydroxylation sites is 1. The molecule has 152 valence electrons. The number of amidine groups is 1. The summed E-state index contributed by atoms with van der Waals surface area (Å²) in [5.41, 5.74) is 0.636. The fourth-order valence-corrected chi connectivity index (χ4v) is 7.59. The van der Waals surface area contributed by atoms with Crippen LogP contribution < -0.4 is 9.64 Å². The monoisotopic (exact) mass is 470 g/mol. The van der Waals surface area contributed by atoms with Gasteiger partial charge in [0.1, 0.15) is 5.75 Å². The third-order valence-electron chi connectivity index (χ3n) is 4.57. The number of aliphatic imine (C=N–C) groups is 1. The van der Waals surface area contributed by atoms with E-state index >= 15 is 0 Å². The number of sulfone groups is 1. The van der Waals surface area contributed by atoms with Gasteiger partial charge in [0.05, 0.1) is 28.3 Å². The van der Waals surface area contributed by atoms with Crippen molar-refractivity contribution >= 4 is 61.6 Å². The molecule has 0 aromatic heterocycles. The van der Waals surface area contributed by atoms with E-state index in [1.165, 1.54) is 11.8 Å². The van der Waals surface area contributed by atoms with E-state index in [0.29, 0.717) is 26.6 Å². The second kappa shape index (κ2) is 8.18. The first kappa shape index (κ1) is 20.5. The maximum Gasteiger partial charge on any atom is 0.285 e. The predicted octanol–water partition coefficient (Wildman–Crippen LogP) is 3.67. The summed E-state index contributed by atoms with van der Waals surface area (Å²) in [6.07, 6.45) is 0. The van der Waals surface area contributed by atoms with Gasteiger partial charge in [0.2, 0.25) is 0 Å². The van der Waals surface area contributed by atoms with Gasteiger partial charge in [-0.1, -0.05) is 47.1 Å². The number of ether oxygens (including phenoxy) is 1. The number of amides is 1. The Balaban J connectivity index is 1.57. The molecule has 0 N–H and O–H groups in total. The zero-order valence-electron chi connectivity index (χ0n) is 15.0. The molecule has 29 heavy (non-hydrogen) atoms. The van der Waals surface area contributed by atoms with E-state index in [2.05, 4.69) is 4.99 Å². The standard InChI is InChI=1S/C19H16Cl2N2O4S2/c20-12-5-7-13(8-6-12)27-9-18(24)22-19-23(15-4-2-1-3-14(15)21)16-10-29(25,26)11-17(16)28-19/h1-8,16-17H,9-11H2/t16-,17+/m1/s1. The number of hydrogen-bond acceptors (Lipinski definition) is 5. The zero-order chi connectivity index (χ0) is 20.6. The van der Waals surface area contributed by atoms with Crippen molar-refractivity contribution in [2.45, 2.75) is 11.3 Å². The smallest absolute Gasteiger partial charge is 0.285 e. The van der Waals surface area contributed by atoms with E-state index in [0.717, 1.165) is 0 Å². The zero-order valence-corrected chi connectivity index (χ0v) is 18.1. The highest BCUT2D eigenvalue weighted by Gasteiger charge is 2.49. The first-order chi connectivity index (χ1) is 13.8. The van der Waals surface area contributed by atoms with E-state index in [-0.39, 0.29) is 29.4 Å². The number of anilines is 1. The number of halogens is 2. The normalized spacial score (nSPS) is 23.9. The summed E-state index contributed by atoms with van der Waals surface area (Å²) in [6.45, 7) is -0.240. The van der Waals surface area contributed by atoms with Crippen LogP contribution in [0.4, 0.5) is 5.69 Å². The maximum absolute atomic E-state index is 12.4. The van der Waals surface area contributed by atoms with Crippen LogP contribution in [0.5, 0.6) is 5.75 Å². The van der Waals surface area contributed by atoms with Crippen LogP contribution in [0.25, 0.3) is 0 Å². The van der Waals surface area contributed by atoms with Crippen molar-refractivity contribution in [3.63, 3.8) is 0 Å². The number of nitrogens with zero attached hydrogens (tertiary/aromatic N) is 2. The predicted molar refractivity (Wildman–Crippen MR) is 117 cm³/mol. The molecule has 0 aliphatic carbocycles. The minimum absolute atomic E-state index is 0.00434. The molecule has 10 heteroatoms. The van der Waals surface area contributed by atoms with Crippen LogP contribution in [-0.4, -0.2) is 48.9 Å². The van der Waals surface area contributed by atoms with E-state index in [9.17, 15) is 13.2 Å². The summed E-state index contributed by atoms with van der Waals surface area (Å²) in [5, 5.41) is 1.28. The molecule has 2 atom stereocenters. The van der Waals surface area contributed by atoms with E-state index < -0.39 is 15.7 Å². The molecule has 6 nitrogen and oxygen atoms in total. The number of carbonyl (C=O) groups is 1. The molecule has 0 saturated carbocycles. The Hall–Kier alpha value is -1.74. The number of fused-ring (bicyclic) bond motifs is 1. The highest BCUT2D eigenvalue weighted by Crippen LogP contribution is 2.42. The van der Waals surface area contributed by atoms with Crippen LogP contribution in [0.15, 0.2) is 53.5 Å². The molecule has 2 heterocycles. The van der Waals surface area contributed by atoms with Gasteiger partial charge in [0, 0.05) is 10.3 Å². The van der Waals surface area contributed by atoms with Crippen molar-refractivity contribution in [1.82, 2.24) is 0 Å². The molecule has 0 spiro atoms. The fourth-order valence-electron chi connectivity index (χ4n) is 3.31. The second-order valence-electron chi connectivity index (χ2n) is 6.65. The summed E-state index contributed by atoms with van der Waals surface area (Å²) >= 11 is 13.5. The van der Waals surface area contributed by atoms with E-state index in [4.69, 9.17) is 27.9 Å². The van der Waals surface area contributed by atoms with Crippen LogP contribution in [0.2, 0.25) is 10.0 Å². The Bertz CT molecular complexity index is 1070.